The van der Waals surface area contributed by atoms with E-state index in [1.807, 2.05) is 6.92 Å². The molecule has 1 aliphatic rings. The molecule has 1 heterocycles. The maximum absolute atomic E-state index is 13.1. The summed E-state index contributed by atoms with van der Waals surface area (Å²) in [5.74, 6) is 0.258. The van der Waals surface area contributed by atoms with Gasteiger partial charge in [0.05, 0.1) is 24.7 Å². The molecule has 0 saturated carbocycles. The van der Waals surface area contributed by atoms with E-state index in [0.717, 1.165) is 0 Å². The summed E-state index contributed by atoms with van der Waals surface area (Å²) in [5.41, 5.74) is 0.976. The van der Waals surface area contributed by atoms with Crippen LogP contribution in [-0.4, -0.2) is 58.1 Å². The van der Waals surface area contributed by atoms with Gasteiger partial charge in [-0.1, -0.05) is 30.7 Å². The van der Waals surface area contributed by atoms with Crippen LogP contribution in [0.15, 0.2) is 47.4 Å². The molecule has 7 nitrogen and oxygen atoms in total. The Balaban J connectivity index is 1.66. The maximum Gasteiger partial charge on any atom is 0.251 e. The number of ether oxygens (including phenoxy) is 2. The summed E-state index contributed by atoms with van der Waals surface area (Å²) >= 11 is 5.91. The first-order valence-electron chi connectivity index (χ1n) is 9.79. The number of amides is 1. The number of halogens is 1. The van der Waals surface area contributed by atoms with Crippen LogP contribution < -0.4 is 10.1 Å². The first-order valence-corrected chi connectivity index (χ1v) is 11.6. The Bertz CT molecular complexity index is 991. The van der Waals surface area contributed by atoms with Gasteiger partial charge >= 0.3 is 0 Å². The van der Waals surface area contributed by atoms with E-state index in [9.17, 15) is 13.2 Å². The van der Waals surface area contributed by atoms with E-state index in [4.69, 9.17) is 21.1 Å². The van der Waals surface area contributed by atoms with Crippen LogP contribution in [0.25, 0.3) is 0 Å². The Morgan fingerprint density at radius 1 is 1.20 bits per heavy atom. The predicted octanol–water partition coefficient (Wildman–Crippen LogP) is 2.73. The van der Waals surface area contributed by atoms with Crippen LogP contribution in [-0.2, 0) is 21.2 Å². The number of nitrogens with one attached hydrogen (secondary N) is 1. The molecule has 2 aromatic rings. The lowest BCUT2D eigenvalue weighted by molar-refractivity contribution is 0.0730. The molecule has 0 atom stereocenters. The minimum Gasteiger partial charge on any atom is -0.492 e. The molecule has 0 spiro atoms. The molecule has 30 heavy (non-hydrogen) atoms. The number of benzene rings is 2. The molecule has 0 bridgehead atoms. The largest absolute Gasteiger partial charge is 0.492 e. The SMILES string of the molecule is CCc1ccc(C(=O)NCCOc2cccc(Cl)c2)cc1S(=O)(=O)N1CCOCC1. The standard InChI is InChI=1S/C21H25ClN2O5S/c1-2-16-6-7-17(14-20(16)30(26,27)24-9-12-28-13-10-24)21(25)23-8-11-29-19-5-3-4-18(22)15-19/h3-7,14-15H,2,8-13H2,1H3,(H,23,25). The molecule has 0 radical (unpaired) electrons. The minimum absolute atomic E-state index is 0.176. The maximum atomic E-state index is 13.1. The zero-order chi connectivity index (χ0) is 21.6. The van der Waals surface area contributed by atoms with Crippen molar-refractivity contribution in [2.24, 2.45) is 0 Å². The Morgan fingerprint density at radius 3 is 2.67 bits per heavy atom. The molecule has 1 fully saturated rings. The number of hydrogen-bond acceptors (Lipinski definition) is 5. The van der Waals surface area contributed by atoms with Crippen LogP contribution >= 0.6 is 11.6 Å². The highest BCUT2D eigenvalue weighted by Gasteiger charge is 2.29. The van der Waals surface area contributed by atoms with Crippen LogP contribution in [0.3, 0.4) is 0 Å². The molecule has 0 aromatic heterocycles. The molecule has 1 saturated heterocycles. The summed E-state index contributed by atoms with van der Waals surface area (Å²) in [6.45, 7) is 3.78. The lowest BCUT2D eigenvalue weighted by atomic mass is 10.1. The Kier molecular flexibility index (Phi) is 7.71. The normalized spacial score (nSPS) is 15.0. The highest BCUT2D eigenvalue weighted by molar-refractivity contribution is 7.89. The molecular formula is C21H25ClN2O5S. The van der Waals surface area contributed by atoms with Gasteiger partial charge in [-0.15, -0.1) is 0 Å². The number of nitrogens with zero attached hydrogens (tertiary/aromatic N) is 1. The third-order valence-corrected chi connectivity index (χ3v) is 6.97. The summed E-state index contributed by atoms with van der Waals surface area (Å²) in [7, 11) is -3.69. The van der Waals surface area contributed by atoms with Gasteiger partial charge in [0.1, 0.15) is 12.4 Å². The van der Waals surface area contributed by atoms with Gasteiger partial charge < -0.3 is 14.8 Å². The molecule has 0 aliphatic carbocycles. The van der Waals surface area contributed by atoms with Gasteiger partial charge in [0.25, 0.3) is 5.91 Å². The average Bonchev–Trinajstić information content (AvgIpc) is 2.76. The van der Waals surface area contributed by atoms with Crippen LogP contribution in [0.5, 0.6) is 5.75 Å². The molecule has 2 aromatic carbocycles. The van der Waals surface area contributed by atoms with Crippen molar-refractivity contribution in [2.45, 2.75) is 18.2 Å². The van der Waals surface area contributed by atoms with Crippen molar-refractivity contribution in [2.75, 3.05) is 39.5 Å². The van der Waals surface area contributed by atoms with Gasteiger partial charge in [0, 0.05) is 23.7 Å². The number of aryl methyl sites for hydroxylation is 1. The molecular weight excluding hydrogens is 428 g/mol. The molecule has 1 aliphatic heterocycles. The first kappa shape index (κ1) is 22.6. The first-order chi connectivity index (χ1) is 14.4. The van der Waals surface area contributed by atoms with Crippen molar-refractivity contribution >= 4 is 27.5 Å². The van der Waals surface area contributed by atoms with Crippen molar-refractivity contribution in [1.29, 1.82) is 0 Å². The zero-order valence-corrected chi connectivity index (χ0v) is 18.3. The molecule has 162 valence electrons. The third-order valence-electron chi connectivity index (χ3n) is 4.75. The molecule has 1 amide bonds. The van der Waals surface area contributed by atoms with E-state index in [2.05, 4.69) is 5.32 Å². The second kappa shape index (κ2) is 10.3. The summed E-state index contributed by atoms with van der Waals surface area (Å²) in [5, 5.41) is 3.33. The fourth-order valence-electron chi connectivity index (χ4n) is 3.15. The summed E-state index contributed by atoms with van der Waals surface area (Å²) in [6.07, 6.45) is 0.550. The van der Waals surface area contributed by atoms with Gasteiger partial charge in [-0.3, -0.25) is 4.79 Å². The highest BCUT2D eigenvalue weighted by Crippen LogP contribution is 2.23. The lowest BCUT2D eigenvalue weighted by Gasteiger charge is -2.27. The minimum atomic E-state index is -3.69. The fraction of sp³-hybridized carbons (Fsp3) is 0.381. The van der Waals surface area contributed by atoms with Crippen molar-refractivity contribution in [3.8, 4) is 5.75 Å². The molecule has 3 rings (SSSR count). The van der Waals surface area contributed by atoms with Crippen molar-refractivity contribution in [3.05, 3.63) is 58.6 Å². The van der Waals surface area contributed by atoms with Gasteiger partial charge in [-0.25, -0.2) is 8.42 Å². The zero-order valence-electron chi connectivity index (χ0n) is 16.8. The highest BCUT2D eigenvalue weighted by atomic mass is 35.5. The number of carbonyl (C=O) groups is 1. The topological polar surface area (TPSA) is 84.9 Å². The second-order valence-corrected chi connectivity index (χ2v) is 9.10. The van der Waals surface area contributed by atoms with E-state index >= 15 is 0 Å². The Morgan fingerprint density at radius 2 is 1.97 bits per heavy atom. The van der Waals surface area contributed by atoms with Crippen LogP contribution in [0, 0.1) is 0 Å². The van der Waals surface area contributed by atoms with Crippen LogP contribution in [0.4, 0.5) is 0 Å². The van der Waals surface area contributed by atoms with E-state index in [1.165, 1.54) is 10.4 Å². The Labute approximate surface area is 182 Å². The third kappa shape index (κ3) is 5.51. The van der Waals surface area contributed by atoms with E-state index in [1.54, 1.807) is 36.4 Å². The number of rotatable bonds is 8. The molecule has 1 N–H and O–H groups in total. The van der Waals surface area contributed by atoms with Gasteiger partial charge in [-0.2, -0.15) is 4.31 Å². The van der Waals surface area contributed by atoms with E-state index in [0.29, 0.717) is 54.6 Å². The lowest BCUT2D eigenvalue weighted by Crippen LogP contribution is -2.41. The number of morpholine rings is 1. The van der Waals surface area contributed by atoms with Gasteiger partial charge in [0.2, 0.25) is 10.0 Å². The summed E-state index contributed by atoms with van der Waals surface area (Å²) < 4.78 is 38.4. The van der Waals surface area contributed by atoms with E-state index in [-0.39, 0.29) is 24.0 Å². The van der Waals surface area contributed by atoms with Gasteiger partial charge in [0.15, 0.2) is 0 Å². The smallest absolute Gasteiger partial charge is 0.251 e. The fourth-order valence-corrected chi connectivity index (χ4v) is 5.05. The van der Waals surface area contributed by atoms with Crippen molar-refractivity contribution in [1.82, 2.24) is 9.62 Å². The predicted molar refractivity (Wildman–Crippen MR) is 115 cm³/mol. The number of hydrogen-bond donors (Lipinski definition) is 1. The second-order valence-electron chi connectivity index (χ2n) is 6.75. The van der Waals surface area contributed by atoms with E-state index < -0.39 is 10.0 Å². The van der Waals surface area contributed by atoms with Crippen molar-refractivity contribution in [3.63, 3.8) is 0 Å². The number of carbonyl (C=O) groups excluding carboxylic acids is 1. The summed E-state index contributed by atoms with van der Waals surface area (Å²) in [6, 6.07) is 11.8. The summed E-state index contributed by atoms with van der Waals surface area (Å²) in [4.78, 5) is 12.7. The quantitative estimate of drug-likeness (QED) is 0.622. The monoisotopic (exact) mass is 452 g/mol. The number of sulfonamides is 1. The molecule has 9 heteroatoms. The van der Waals surface area contributed by atoms with Gasteiger partial charge in [-0.05, 0) is 42.3 Å². The molecule has 0 unspecified atom stereocenters. The van der Waals surface area contributed by atoms with Crippen molar-refractivity contribution < 1.29 is 22.7 Å². The van der Waals surface area contributed by atoms with Crippen LogP contribution in [0.1, 0.15) is 22.8 Å². The average molecular weight is 453 g/mol. The Hall–Kier alpha value is -2.13. The van der Waals surface area contributed by atoms with Crippen LogP contribution in [0.2, 0.25) is 5.02 Å².